The highest BCUT2D eigenvalue weighted by atomic mass is 16.7. The lowest BCUT2D eigenvalue weighted by Crippen LogP contribution is -2.15. The summed E-state index contributed by atoms with van der Waals surface area (Å²) in [5.74, 6) is 3.35. The summed E-state index contributed by atoms with van der Waals surface area (Å²) in [6.07, 6.45) is 0. The van der Waals surface area contributed by atoms with Gasteiger partial charge in [-0.1, -0.05) is 38.1 Å². The van der Waals surface area contributed by atoms with Gasteiger partial charge in [-0.05, 0) is 18.1 Å². The summed E-state index contributed by atoms with van der Waals surface area (Å²) in [5.41, 5.74) is 2.45. The Bertz CT molecular complexity index is 681. The molecule has 0 spiro atoms. The van der Waals surface area contributed by atoms with Crippen LogP contribution in [0.2, 0.25) is 0 Å². The van der Waals surface area contributed by atoms with Crippen LogP contribution in [0.1, 0.15) is 30.9 Å². The second kappa shape index (κ2) is 7.69. The number of hydrogen-bond acceptors (Lipinski definition) is 4. The van der Waals surface area contributed by atoms with Gasteiger partial charge in [-0.3, -0.25) is 0 Å². The topological polar surface area (TPSA) is 36.9 Å². The summed E-state index contributed by atoms with van der Waals surface area (Å²) in [6, 6.07) is 14.3. The minimum Gasteiger partial charge on any atom is -0.467 e. The Balaban J connectivity index is 1.78. The molecule has 0 saturated carbocycles. The van der Waals surface area contributed by atoms with Gasteiger partial charge in [0.25, 0.3) is 0 Å². The van der Waals surface area contributed by atoms with Crippen LogP contribution < -0.4 is 9.47 Å². The van der Waals surface area contributed by atoms with Crippen molar-refractivity contribution in [3.05, 3.63) is 53.6 Å². The lowest BCUT2D eigenvalue weighted by molar-refractivity contribution is -0.00854. The molecule has 128 valence electrons. The van der Waals surface area contributed by atoms with Crippen molar-refractivity contribution in [3.63, 3.8) is 0 Å². The molecule has 4 heteroatoms. The van der Waals surface area contributed by atoms with Crippen molar-refractivity contribution in [1.82, 2.24) is 0 Å². The van der Waals surface area contributed by atoms with Gasteiger partial charge in [-0.25, -0.2) is 0 Å². The summed E-state index contributed by atoms with van der Waals surface area (Å²) >= 11 is 0. The first-order valence-electron chi connectivity index (χ1n) is 8.31. The van der Waals surface area contributed by atoms with Crippen LogP contribution in [0.5, 0.6) is 17.2 Å². The predicted octanol–water partition coefficient (Wildman–Crippen LogP) is 4.58. The molecule has 0 N–H and O–H groups in total. The Kier molecular flexibility index (Phi) is 5.38. The Hall–Kier alpha value is -2.04. The van der Waals surface area contributed by atoms with Crippen molar-refractivity contribution in [1.29, 1.82) is 0 Å². The first-order chi connectivity index (χ1) is 11.7. The molecule has 1 unspecified atom stereocenters. The van der Waals surface area contributed by atoms with E-state index in [-0.39, 0.29) is 6.79 Å². The molecule has 0 aromatic heterocycles. The summed E-state index contributed by atoms with van der Waals surface area (Å²) in [5, 5.41) is 0. The molecular weight excluding hydrogens is 304 g/mol. The predicted molar refractivity (Wildman–Crippen MR) is 93.0 cm³/mol. The molecular formula is C20H24O4. The van der Waals surface area contributed by atoms with Crippen LogP contribution in [-0.2, 0) is 9.47 Å². The maximum Gasteiger partial charge on any atom is 0.189 e. The van der Waals surface area contributed by atoms with Gasteiger partial charge >= 0.3 is 0 Å². The van der Waals surface area contributed by atoms with E-state index in [1.807, 2.05) is 24.3 Å². The molecule has 1 atom stereocenters. The van der Waals surface area contributed by atoms with Crippen LogP contribution in [0.4, 0.5) is 0 Å². The summed E-state index contributed by atoms with van der Waals surface area (Å²) in [4.78, 5) is 0. The molecule has 1 aliphatic rings. The molecule has 0 amide bonds. The fraction of sp³-hybridized carbons (Fsp3) is 0.400. The van der Waals surface area contributed by atoms with Crippen LogP contribution in [0.3, 0.4) is 0 Å². The van der Waals surface area contributed by atoms with Gasteiger partial charge in [0.05, 0.1) is 13.2 Å². The maximum atomic E-state index is 6.10. The highest BCUT2D eigenvalue weighted by Gasteiger charge is 2.29. The molecule has 24 heavy (non-hydrogen) atoms. The lowest BCUT2D eigenvalue weighted by atomic mass is 9.80. The summed E-state index contributed by atoms with van der Waals surface area (Å²) in [7, 11) is 1.65. The van der Waals surface area contributed by atoms with Crippen LogP contribution in [0.25, 0.3) is 0 Å². The quantitative estimate of drug-likeness (QED) is 0.551. The molecule has 0 saturated heterocycles. The number of ether oxygens (including phenoxy) is 4. The molecule has 3 rings (SSSR count). The van der Waals surface area contributed by atoms with E-state index in [1.54, 1.807) is 7.11 Å². The minimum atomic E-state index is 0.201. The number of rotatable bonds is 7. The van der Waals surface area contributed by atoms with E-state index in [0.29, 0.717) is 25.0 Å². The van der Waals surface area contributed by atoms with Gasteiger partial charge in [0, 0.05) is 30.2 Å². The molecule has 1 aliphatic heterocycles. The number of methoxy groups -OCH3 is 1. The number of benzene rings is 2. The Morgan fingerprint density at radius 1 is 1.00 bits per heavy atom. The Morgan fingerprint density at radius 3 is 2.58 bits per heavy atom. The third-order valence-corrected chi connectivity index (χ3v) is 4.20. The molecule has 2 aromatic carbocycles. The first kappa shape index (κ1) is 16.8. The Labute approximate surface area is 143 Å². The fourth-order valence-corrected chi connectivity index (χ4v) is 3.10. The third-order valence-electron chi connectivity index (χ3n) is 4.20. The Morgan fingerprint density at radius 2 is 1.79 bits per heavy atom. The SMILES string of the molecule is COCCOCOc1ccc2c(c1)Oc1ccccc1C2C(C)C. The molecule has 0 fully saturated rings. The van der Waals surface area contributed by atoms with Crippen molar-refractivity contribution in [2.75, 3.05) is 27.1 Å². The lowest BCUT2D eigenvalue weighted by Gasteiger charge is -2.31. The summed E-state index contributed by atoms with van der Waals surface area (Å²) < 4.78 is 22.0. The van der Waals surface area contributed by atoms with Crippen molar-refractivity contribution >= 4 is 0 Å². The van der Waals surface area contributed by atoms with Gasteiger partial charge < -0.3 is 18.9 Å². The summed E-state index contributed by atoms with van der Waals surface area (Å²) in [6.45, 7) is 5.76. The molecule has 4 nitrogen and oxygen atoms in total. The van der Waals surface area contributed by atoms with Crippen LogP contribution >= 0.6 is 0 Å². The van der Waals surface area contributed by atoms with Crippen molar-refractivity contribution < 1.29 is 18.9 Å². The average Bonchev–Trinajstić information content (AvgIpc) is 2.59. The van der Waals surface area contributed by atoms with Gasteiger partial charge in [0.2, 0.25) is 0 Å². The van der Waals surface area contributed by atoms with E-state index in [2.05, 4.69) is 32.0 Å². The van der Waals surface area contributed by atoms with Crippen LogP contribution in [0.15, 0.2) is 42.5 Å². The molecule has 1 heterocycles. The third kappa shape index (κ3) is 3.55. The standard InChI is InChI=1S/C20H24O4/c1-14(2)20-16-6-4-5-7-18(16)24-19-12-15(8-9-17(19)20)23-13-22-11-10-21-3/h4-9,12,14,20H,10-11,13H2,1-3H3. The monoisotopic (exact) mass is 328 g/mol. The zero-order chi connectivity index (χ0) is 16.9. The van der Waals surface area contributed by atoms with Crippen LogP contribution in [0, 0.1) is 5.92 Å². The van der Waals surface area contributed by atoms with E-state index in [4.69, 9.17) is 18.9 Å². The molecule has 0 bridgehead atoms. The van der Waals surface area contributed by atoms with Crippen LogP contribution in [-0.4, -0.2) is 27.1 Å². The van der Waals surface area contributed by atoms with Crippen molar-refractivity contribution in [2.24, 2.45) is 5.92 Å². The second-order valence-electron chi connectivity index (χ2n) is 6.22. The van der Waals surface area contributed by atoms with E-state index in [1.165, 1.54) is 11.1 Å². The molecule has 0 aliphatic carbocycles. The highest BCUT2D eigenvalue weighted by Crippen LogP contribution is 2.48. The van der Waals surface area contributed by atoms with E-state index >= 15 is 0 Å². The zero-order valence-electron chi connectivity index (χ0n) is 14.5. The van der Waals surface area contributed by atoms with E-state index in [9.17, 15) is 0 Å². The minimum absolute atomic E-state index is 0.201. The molecule has 2 aromatic rings. The average molecular weight is 328 g/mol. The van der Waals surface area contributed by atoms with E-state index in [0.717, 1.165) is 17.2 Å². The second-order valence-corrected chi connectivity index (χ2v) is 6.22. The zero-order valence-corrected chi connectivity index (χ0v) is 14.5. The smallest absolute Gasteiger partial charge is 0.189 e. The van der Waals surface area contributed by atoms with Gasteiger partial charge in [0.15, 0.2) is 6.79 Å². The number of hydrogen-bond donors (Lipinski definition) is 0. The molecule has 0 radical (unpaired) electrons. The normalized spacial score (nSPS) is 15.6. The maximum absolute atomic E-state index is 6.10. The fourth-order valence-electron chi connectivity index (χ4n) is 3.10. The number of fused-ring (bicyclic) bond motifs is 2. The van der Waals surface area contributed by atoms with E-state index < -0.39 is 0 Å². The largest absolute Gasteiger partial charge is 0.467 e. The van der Waals surface area contributed by atoms with Crippen molar-refractivity contribution in [3.8, 4) is 17.2 Å². The van der Waals surface area contributed by atoms with Gasteiger partial charge in [-0.2, -0.15) is 0 Å². The van der Waals surface area contributed by atoms with Gasteiger partial charge in [0.1, 0.15) is 17.2 Å². The van der Waals surface area contributed by atoms with Crippen molar-refractivity contribution in [2.45, 2.75) is 19.8 Å². The highest BCUT2D eigenvalue weighted by molar-refractivity contribution is 5.55. The number of para-hydroxylation sites is 1. The first-order valence-corrected chi connectivity index (χ1v) is 8.31. The van der Waals surface area contributed by atoms with Gasteiger partial charge in [-0.15, -0.1) is 0 Å².